The van der Waals surface area contributed by atoms with E-state index in [0.29, 0.717) is 16.8 Å². The van der Waals surface area contributed by atoms with E-state index in [0.717, 1.165) is 23.4 Å². The van der Waals surface area contributed by atoms with Crippen molar-refractivity contribution in [3.63, 3.8) is 0 Å². The van der Waals surface area contributed by atoms with Gasteiger partial charge in [0.1, 0.15) is 0 Å². The molecule has 0 unspecified atom stereocenters. The summed E-state index contributed by atoms with van der Waals surface area (Å²) in [6.07, 6.45) is 5.65. The van der Waals surface area contributed by atoms with Gasteiger partial charge in [0, 0.05) is 35.2 Å². The average Bonchev–Trinajstić information content (AvgIpc) is 3.23. The number of rotatable bonds is 7. The van der Waals surface area contributed by atoms with E-state index in [1.807, 2.05) is 55.5 Å². The number of benzene rings is 3. The molecule has 3 aromatic carbocycles. The van der Waals surface area contributed by atoms with Crippen molar-refractivity contribution >= 4 is 28.8 Å². The molecule has 0 aromatic heterocycles. The van der Waals surface area contributed by atoms with Crippen LogP contribution >= 0.6 is 0 Å². The molecule has 0 bridgehead atoms. The van der Waals surface area contributed by atoms with E-state index in [1.165, 1.54) is 37.9 Å². The van der Waals surface area contributed by atoms with Gasteiger partial charge in [0.25, 0.3) is 11.8 Å². The van der Waals surface area contributed by atoms with E-state index in [9.17, 15) is 9.59 Å². The molecule has 36 heavy (non-hydrogen) atoms. The topological polar surface area (TPSA) is 73.5 Å². The summed E-state index contributed by atoms with van der Waals surface area (Å²) in [5.41, 5.74) is 5.74. The van der Waals surface area contributed by atoms with Gasteiger partial charge in [0.15, 0.2) is 0 Å². The van der Waals surface area contributed by atoms with Gasteiger partial charge in [0.2, 0.25) is 0 Å². The lowest BCUT2D eigenvalue weighted by Gasteiger charge is -2.26. The fourth-order valence-electron chi connectivity index (χ4n) is 4.82. The van der Waals surface area contributed by atoms with Gasteiger partial charge in [0.05, 0.1) is 11.6 Å². The van der Waals surface area contributed by atoms with Crippen molar-refractivity contribution in [3.05, 3.63) is 101 Å². The molecule has 184 valence electrons. The van der Waals surface area contributed by atoms with E-state index in [4.69, 9.17) is 0 Å². The fraction of sp³-hybridized carbons (Fsp3) is 0.267. The standard InChI is InChI=1S/C30H32N4O2/c1-21(23-8-4-2-5-9-23)32-29(35)24-12-15-26-27(30(36)33-28(26)18-24)19-31-25-13-10-22(11-14-25)20-34-16-6-3-7-17-34/h2,4-5,8-15,18-19,21,31H,3,6-7,16-17,20H2,1H3,(H,32,35)(H,33,36)/b27-19-/t21-/m0/s1. The van der Waals surface area contributed by atoms with Gasteiger partial charge < -0.3 is 16.0 Å². The Kier molecular flexibility index (Phi) is 7.14. The van der Waals surface area contributed by atoms with Gasteiger partial charge in [-0.3, -0.25) is 14.5 Å². The number of nitrogens with zero attached hydrogens (tertiary/aromatic N) is 1. The molecule has 3 aromatic rings. The molecule has 3 N–H and O–H groups in total. The van der Waals surface area contributed by atoms with Crippen molar-refractivity contribution in [2.75, 3.05) is 23.7 Å². The monoisotopic (exact) mass is 480 g/mol. The van der Waals surface area contributed by atoms with Crippen molar-refractivity contribution < 1.29 is 9.59 Å². The van der Waals surface area contributed by atoms with Gasteiger partial charge >= 0.3 is 0 Å². The molecule has 1 atom stereocenters. The van der Waals surface area contributed by atoms with Gasteiger partial charge in [-0.05, 0) is 68.2 Å². The van der Waals surface area contributed by atoms with Crippen LogP contribution in [0.1, 0.15) is 59.3 Å². The molecule has 1 fully saturated rings. The minimum absolute atomic E-state index is 0.118. The van der Waals surface area contributed by atoms with E-state index in [1.54, 1.807) is 18.3 Å². The Hall–Kier alpha value is -3.90. The summed E-state index contributed by atoms with van der Waals surface area (Å²) in [6, 6.07) is 23.4. The second-order valence-corrected chi connectivity index (χ2v) is 9.56. The molecule has 2 amide bonds. The SMILES string of the molecule is C[C@H](NC(=O)c1ccc2c(c1)NC(=O)/C2=C\Nc1ccc(CN2CCCCC2)cc1)c1ccccc1. The van der Waals surface area contributed by atoms with E-state index in [-0.39, 0.29) is 17.9 Å². The summed E-state index contributed by atoms with van der Waals surface area (Å²) >= 11 is 0. The molecule has 2 aliphatic rings. The smallest absolute Gasteiger partial charge is 0.257 e. The number of hydrogen-bond acceptors (Lipinski definition) is 4. The van der Waals surface area contributed by atoms with Crippen LogP contribution in [0.3, 0.4) is 0 Å². The highest BCUT2D eigenvalue weighted by atomic mass is 16.2. The summed E-state index contributed by atoms with van der Waals surface area (Å²) in [5, 5.41) is 9.16. The molecule has 2 aliphatic heterocycles. The first-order chi connectivity index (χ1) is 17.6. The summed E-state index contributed by atoms with van der Waals surface area (Å²) in [7, 11) is 0. The Labute approximate surface area is 212 Å². The number of amides is 2. The number of fused-ring (bicyclic) bond motifs is 1. The molecule has 0 spiro atoms. The second-order valence-electron chi connectivity index (χ2n) is 9.56. The van der Waals surface area contributed by atoms with Crippen LogP contribution in [0.5, 0.6) is 0 Å². The van der Waals surface area contributed by atoms with E-state index in [2.05, 4.69) is 33.0 Å². The summed E-state index contributed by atoms with van der Waals surface area (Å²) in [4.78, 5) is 28.0. The van der Waals surface area contributed by atoms with E-state index >= 15 is 0 Å². The number of anilines is 2. The van der Waals surface area contributed by atoms with Crippen LogP contribution in [0.15, 0.2) is 79.0 Å². The molecular weight excluding hydrogens is 448 g/mol. The summed E-state index contributed by atoms with van der Waals surface area (Å²) < 4.78 is 0. The number of nitrogens with one attached hydrogen (secondary N) is 3. The lowest BCUT2D eigenvalue weighted by atomic mass is 10.0. The summed E-state index contributed by atoms with van der Waals surface area (Å²) in [6.45, 7) is 5.29. The van der Waals surface area contributed by atoms with Crippen molar-refractivity contribution in [2.24, 2.45) is 0 Å². The number of carbonyl (C=O) groups excluding carboxylic acids is 2. The Morgan fingerprint density at radius 2 is 1.75 bits per heavy atom. The Morgan fingerprint density at radius 1 is 1.00 bits per heavy atom. The van der Waals surface area contributed by atoms with Crippen LogP contribution in [0, 0.1) is 0 Å². The molecule has 5 rings (SSSR count). The largest absolute Gasteiger partial charge is 0.361 e. The molecule has 0 radical (unpaired) electrons. The highest BCUT2D eigenvalue weighted by molar-refractivity contribution is 6.32. The van der Waals surface area contributed by atoms with Crippen molar-refractivity contribution in [3.8, 4) is 0 Å². The molecular formula is C30H32N4O2. The Balaban J connectivity index is 1.23. The quantitative estimate of drug-likeness (QED) is 0.387. The highest BCUT2D eigenvalue weighted by Gasteiger charge is 2.25. The van der Waals surface area contributed by atoms with Gasteiger partial charge in [-0.2, -0.15) is 0 Å². The molecule has 1 saturated heterocycles. The molecule has 6 nitrogen and oxygen atoms in total. The first kappa shape index (κ1) is 23.8. The lowest BCUT2D eigenvalue weighted by molar-refractivity contribution is -0.110. The van der Waals surface area contributed by atoms with Crippen LogP contribution in [0.2, 0.25) is 0 Å². The maximum Gasteiger partial charge on any atom is 0.257 e. The summed E-state index contributed by atoms with van der Waals surface area (Å²) in [5.74, 6) is -0.363. The fourth-order valence-corrected chi connectivity index (χ4v) is 4.82. The maximum absolute atomic E-state index is 12.8. The minimum atomic E-state index is -0.186. The predicted molar refractivity (Wildman–Crippen MR) is 145 cm³/mol. The van der Waals surface area contributed by atoms with E-state index < -0.39 is 0 Å². The maximum atomic E-state index is 12.8. The molecule has 0 aliphatic carbocycles. The molecule has 6 heteroatoms. The highest BCUT2D eigenvalue weighted by Crippen LogP contribution is 2.32. The van der Waals surface area contributed by atoms with Crippen molar-refractivity contribution in [2.45, 2.75) is 38.8 Å². The van der Waals surface area contributed by atoms with Gasteiger partial charge in [-0.1, -0.05) is 55.0 Å². The normalized spacial score (nSPS) is 17.4. The molecule has 2 heterocycles. The van der Waals surface area contributed by atoms with Crippen LogP contribution in [-0.4, -0.2) is 29.8 Å². The molecule has 0 saturated carbocycles. The number of likely N-dealkylation sites (tertiary alicyclic amines) is 1. The number of carbonyl (C=O) groups is 2. The zero-order valence-corrected chi connectivity index (χ0v) is 20.6. The first-order valence-corrected chi connectivity index (χ1v) is 12.7. The number of hydrogen-bond donors (Lipinski definition) is 3. The van der Waals surface area contributed by atoms with Crippen LogP contribution in [0.25, 0.3) is 5.57 Å². The van der Waals surface area contributed by atoms with Crippen LogP contribution in [0.4, 0.5) is 11.4 Å². The van der Waals surface area contributed by atoms with Crippen LogP contribution in [-0.2, 0) is 11.3 Å². The third-order valence-corrected chi connectivity index (χ3v) is 6.90. The van der Waals surface area contributed by atoms with Gasteiger partial charge in [-0.15, -0.1) is 0 Å². The van der Waals surface area contributed by atoms with Crippen LogP contribution < -0.4 is 16.0 Å². The number of piperidine rings is 1. The van der Waals surface area contributed by atoms with Crippen molar-refractivity contribution in [1.82, 2.24) is 10.2 Å². The zero-order chi connectivity index (χ0) is 24.9. The second kappa shape index (κ2) is 10.8. The Bertz CT molecular complexity index is 1260. The first-order valence-electron chi connectivity index (χ1n) is 12.7. The van der Waals surface area contributed by atoms with Crippen molar-refractivity contribution in [1.29, 1.82) is 0 Å². The zero-order valence-electron chi connectivity index (χ0n) is 20.6. The Morgan fingerprint density at radius 3 is 2.50 bits per heavy atom. The van der Waals surface area contributed by atoms with Gasteiger partial charge in [-0.25, -0.2) is 0 Å². The minimum Gasteiger partial charge on any atom is -0.361 e. The lowest BCUT2D eigenvalue weighted by Crippen LogP contribution is -2.29. The third-order valence-electron chi connectivity index (χ3n) is 6.90. The predicted octanol–water partition coefficient (Wildman–Crippen LogP) is 5.57. The third kappa shape index (κ3) is 5.50. The average molecular weight is 481 g/mol.